The van der Waals surface area contributed by atoms with Gasteiger partial charge in [0.15, 0.2) is 0 Å². The van der Waals surface area contributed by atoms with Crippen LogP contribution in [0.1, 0.15) is 53.1 Å². The molecule has 0 radical (unpaired) electrons. The van der Waals surface area contributed by atoms with E-state index in [4.69, 9.17) is 10.7 Å². The van der Waals surface area contributed by atoms with Crippen molar-refractivity contribution in [3.63, 3.8) is 0 Å². The fourth-order valence-corrected chi connectivity index (χ4v) is 6.84. The van der Waals surface area contributed by atoms with Gasteiger partial charge in [-0.3, -0.25) is 4.99 Å². The third-order valence-corrected chi connectivity index (χ3v) is 9.32. The Morgan fingerprint density at radius 2 is 1.10 bits per heavy atom. The van der Waals surface area contributed by atoms with Crippen molar-refractivity contribution in [2.24, 2.45) is 10.7 Å². The molecule has 0 heterocycles. The molecular weight excluding hydrogens is 605 g/mol. The standard InChI is InChI=1S/C46H38N2.C2H6/c1-48-44(32-43(35-18-8-3-9-19-35)36-20-10-4-11-21-36)45-41-25-15-14-22-37(41)28-31-42(45)38-26-29-40(30-27-38)46(47,39-23-12-5-13-24-39)33-34-16-6-2-7-17-34;1-2/h2-32,43H,1,33,47H2;1-2H3/b44-32-;. The van der Waals surface area contributed by atoms with Crippen LogP contribution < -0.4 is 5.73 Å². The summed E-state index contributed by atoms with van der Waals surface area (Å²) in [6.45, 7) is 8.10. The summed E-state index contributed by atoms with van der Waals surface area (Å²) in [5.74, 6) is 0.00353. The molecule has 0 aromatic heterocycles. The van der Waals surface area contributed by atoms with E-state index in [1.54, 1.807) is 0 Å². The van der Waals surface area contributed by atoms with Gasteiger partial charge in [-0.25, -0.2) is 0 Å². The van der Waals surface area contributed by atoms with Gasteiger partial charge in [0.05, 0.1) is 11.2 Å². The van der Waals surface area contributed by atoms with Crippen LogP contribution in [0.25, 0.3) is 27.6 Å². The number of nitrogens with zero attached hydrogens (tertiary/aromatic N) is 1. The lowest BCUT2D eigenvalue weighted by molar-refractivity contribution is 0.535. The lowest BCUT2D eigenvalue weighted by atomic mass is 9.78. The number of aliphatic imine (C=N–C) groups is 1. The van der Waals surface area contributed by atoms with Crippen molar-refractivity contribution in [1.82, 2.24) is 0 Å². The smallest absolute Gasteiger partial charge is 0.0706 e. The van der Waals surface area contributed by atoms with Gasteiger partial charge in [-0.15, -0.1) is 0 Å². The first kappa shape index (κ1) is 34.0. The highest BCUT2D eigenvalue weighted by Crippen LogP contribution is 2.40. The number of hydrogen-bond acceptors (Lipinski definition) is 2. The van der Waals surface area contributed by atoms with Gasteiger partial charge in [0.25, 0.3) is 0 Å². The lowest BCUT2D eigenvalue weighted by Crippen LogP contribution is -2.40. The Labute approximate surface area is 297 Å². The van der Waals surface area contributed by atoms with E-state index in [9.17, 15) is 0 Å². The molecule has 0 aliphatic rings. The van der Waals surface area contributed by atoms with Crippen LogP contribution in [-0.4, -0.2) is 6.72 Å². The van der Waals surface area contributed by atoms with Crippen LogP contribution in [0.3, 0.4) is 0 Å². The molecule has 2 nitrogen and oxygen atoms in total. The van der Waals surface area contributed by atoms with Gasteiger partial charge in [-0.1, -0.05) is 196 Å². The van der Waals surface area contributed by atoms with Crippen molar-refractivity contribution in [3.05, 3.63) is 221 Å². The van der Waals surface area contributed by atoms with Gasteiger partial charge in [-0.05, 0) is 68.9 Å². The van der Waals surface area contributed by atoms with E-state index < -0.39 is 5.54 Å². The maximum Gasteiger partial charge on any atom is 0.0706 e. The quantitative estimate of drug-likeness (QED) is 0.147. The van der Waals surface area contributed by atoms with E-state index in [-0.39, 0.29) is 5.92 Å². The Morgan fingerprint density at radius 3 is 1.68 bits per heavy atom. The Kier molecular flexibility index (Phi) is 10.9. The molecule has 0 bridgehead atoms. The van der Waals surface area contributed by atoms with Crippen molar-refractivity contribution in [3.8, 4) is 11.1 Å². The highest BCUT2D eigenvalue weighted by molar-refractivity contribution is 6.01. The third-order valence-electron chi connectivity index (χ3n) is 9.32. The Hall–Kier alpha value is -5.83. The van der Waals surface area contributed by atoms with E-state index in [0.717, 1.165) is 44.3 Å². The van der Waals surface area contributed by atoms with Crippen LogP contribution in [0.4, 0.5) is 0 Å². The molecule has 1 atom stereocenters. The molecule has 7 rings (SSSR count). The fourth-order valence-electron chi connectivity index (χ4n) is 6.84. The molecule has 0 saturated heterocycles. The first-order valence-corrected chi connectivity index (χ1v) is 17.4. The molecule has 2 heteroatoms. The molecule has 0 fully saturated rings. The molecule has 7 aromatic carbocycles. The summed E-state index contributed by atoms with van der Waals surface area (Å²) in [6.07, 6.45) is 2.95. The molecule has 246 valence electrons. The van der Waals surface area contributed by atoms with E-state index in [2.05, 4.69) is 183 Å². The molecule has 0 amide bonds. The average molecular weight is 649 g/mol. The molecule has 1 unspecified atom stereocenters. The van der Waals surface area contributed by atoms with Gasteiger partial charge in [0.2, 0.25) is 0 Å². The Balaban J connectivity index is 0.00000212. The molecular formula is C48H44N2. The fraction of sp³-hybridized carbons (Fsp3) is 0.104. The first-order chi connectivity index (χ1) is 24.6. The monoisotopic (exact) mass is 648 g/mol. The third kappa shape index (κ3) is 7.27. The van der Waals surface area contributed by atoms with E-state index in [0.29, 0.717) is 6.42 Å². The van der Waals surface area contributed by atoms with Crippen molar-refractivity contribution >= 4 is 23.2 Å². The van der Waals surface area contributed by atoms with Crippen molar-refractivity contribution in [2.75, 3.05) is 0 Å². The number of fused-ring (bicyclic) bond motifs is 1. The Morgan fingerprint density at radius 1 is 0.600 bits per heavy atom. The number of allylic oxidation sites excluding steroid dienone is 1. The van der Waals surface area contributed by atoms with Gasteiger partial charge in [-0.2, -0.15) is 0 Å². The zero-order chi connectivity index (χ0) is 34.8. The zero-order valence-corrected chi connectivity index (χ0v) is 28.9. The summed E-state index contributed by atoms with van der Waals surface area (Å²) >= 11 is 0. The Bertz CT molecular complexity index is 2110. The van der Waals surface area contributed by atoms with Crippen molar-refractivity contribution < 1.29 is 0 Å². The second-order valence-corrected chi connectivity index (χ2v) is 12.3. The maximum absolute atomic E-state index is 7.37. The highest BCUT2D eigenvalue weighted by Gasteiger charge is 2.30. The lowest BCUT2D eigenvalue weighted by Gasteiger charge is -2.31. The SMILES string of the molecule is C=N/C(=C\C(c1ccccc1)c1ccccc1)c1c(-c2ccc(C(N)(Cc3ccccc3)c3ccccc3)cc2)ccc2ccccc12.CC. The minimum atomic E-state index is -0.695. The van der Waals surface area contributed by atoms with Gasteiger partial charge >= 0.3 is 0 Å². The topological polar surface area (TPSA) is 38.4 Å². The second-order valence-electron chi connectivity index (χ2n) is 12.3. The molecule has 0 aliphatic heterocycles. The number of nitrogens with two attached hydrogens (primary N) is 1. The summed E-state index contributed by atoms with van der Waals surface area (Å²) in [5, 5.41) is 2.30. The molecule has 0 aliphatic carbocycles. The molecule has 0 spiro atoms. The van der Waals surface area contributed by atoms with Crippen molar-refractivity contribution in [1.29, 1.82) is 0 Å². The van der Waals surface area contributed by atoms with Gasteiger partial charge < -0.3 is 5.73 Å². The van der Waals surface area contributed by atoms with Gasteiger partial charge in [0, 0.05) is 11.5 Å². The van der Waals surface area contributed by atoms with E-state index in [1.807, 2.05) is 26.0 Å². The largest absolute Gasteiger partial charge is 0.317 e. The van der Waals surface area contributed by atoms with Crippen LogP contribution in [0.5, 0.6) is 0 Å². The first-order valence-electron chi connectivity index (χ1n) is 17.4. The highest BCUT2D eigenvalue weighted by atomic mass is 14.7. The van der Waals surface area contributed by atoms with E-state index >= 15 is 0 Å². The van der Waals surface area contributed by atoms with Crippen LogP contribution in [0, 0.1) is 0 Å². The summed E-state index contributed by atoms with van der Waals surface area (Å²) in [4.78, 5) is 4.72. The second kappa shape index (κ2) is 16.0. The predicted molar refractivity (Wildman–Crippen MR) is 215 cm³/mol. The molecule has 2 N–H and O–H groups in total. The molecule has 7 aromatic rings. The van der Waals surface area contributed by atoms with Crippen LogP contribution in [-0.2, 0) is 12.0 Å². The average Bonchev–Trinajstić information content (AvgIpc) is 3.20. The van der Waals surface area contributed by atoms with E-state index in [1.165, 1.54) is 16.7 Å². The number of benzene rings is 7. The number of hydrogen-bond donors (Lipinski definition) is 1. The normalized spacial score (nSPS) is 12.5. The summed E-state index contributed by atoms with van der Waals surface area (Å²) in [6, 6.07) is 63.8. The maximum atomic E-state index is 7.37. The van der Waals surface area contributed by atoms with Crippen LogP contribution in [0.2, 0.25) is 0 Å². The van der Waals surface area contributed by atoms with Crippen molar-refractivity contribution in [2.45, 2.75) is 31.7 Å². The minimum absolute atomic E-state index is 0.00353. The summed E-state index contributed by atoms with van der Waals surface area (Å²) < 4.78 is 0. The number of rotatable bonds is 10. The summed E-state index contributed by atoms with van der Waals surface area (Å²) in [7, 11) is 0. The molecule has 0 saturated carbocycles. The minimum Gasteiger partial charge on any atom is -0.317 e. The van der Waals surface area contributed by atoms with Crippen LogP contribution in [0.15, 0.2) is 193 Å². The predicted octanol–water partition coefficient (Wildman–Crippen LogP) is 11.9. The summed E-state index contributed by atoms with van der Waals surface area (Å²) in [5.41, 5.74) is 16.5. The van der Waals surface area contributed by atoms with Gasteiger partial charge in [0.1, 0.15) is 0 Å². The zero-order valence-electron chi connectivity index (χ0n) is 28.9. The van der Waals surface area contributed by atoms with Crippen LogP contribution >= 0.6 is 0 Å². The molecule has 50 heavy (non-hydrogen) atoms.